The molecule has 0 spiro atoms. The summed E-state index contributed by atoms with van der Waals surface area (Å²) in [6, 6.07) is 13.4. The number of ether oxygens (including phenoxy) is 1. The molecular formula is C24H23ClN2O3. The van der Waals surface area contributed by atoms with Gasteiger partial charge in [0.1, 0.15) is 5.75 Å². The number of carbonyl (C=O) groups excluding carboxylic acids is 2. The van der Waals surface area contributed by atoms with Crippen LogP contribution in [0.2, 0.25) is 5.02 Å². The molecule has 5 nitrogen and oxygen atoms in total. The monoisotopic (exact) mass is 422 g/mol. The Morgan fingerprint density at radius 2 is 1.67 bits per heavy atom. The van der Waals surface area contributed by atoms with Gasteiger partial charge in [-0.3, -0.25) is 9.59 Å². The van der Waals surface area contributed by atoms with E-state index in [1.807, 2.05) is 6.08 Å². The van der Waals surface area contributed by atoms with Crippen LogP contribution in [0.5, 0.6) is 5.75 Å². The van der Waals surface area contributed by atoms with E-state index in [0.29, 0.717) is 21.9 Å². The quantitative estimate of drug-likeness (QED) is 0.383. The molecule has 0 saturated carbocycles. The second-order valence-corrected chi connectivity index (χ2v) is 7.79. The van der Waals surface area contributed by atoms with Crippen molar-refractivity contribution in [1.29, 1.82) is 0 Å². The zero-order valence-corrected chi connectivity index (χ0v) is 17.6. The number of allylic oxidation sites excluding steroid dienone is 4. The molecule has 0 bridgehead atoms. The summed E-state index contributed by atoms with van der Waals surface area (Å²) in [7, 11) is 0. The number of ketones is 1. The van der Waals surface area contributed by atoms with E-state index in [9.17, 15) is 9.59 Å². The average molecular weight is 423 g/mol. The van der Waals surface area contributed by atoms with E-state index in [1.165, 1.54) is 0 Å². The highest BCUT2D eigenvalue weighted by molar-refractivity contribution is 6.30. The first-order valence-corrected chi connectivity index (χ1v) is 10.0. The van der Waals surface area contributed by atoms with Crippen LogP contribution in [0, 0.1) is 0 Å². The van der Waals surface area contributed by atoms with E-state index in [1.54, 1.807) is 68.6 Å². The Hall–Kier alpha value is -3.18. The zero-order valence-electron chi connectivity index (χ0n) is 16.9. The minimum absolute atomic E-state index is 0.115. The number of carbonyl (C=O) groups is 2. The molecule has 0 unspecified atom stereocenters. The van der Waals surface area contributed by atoms with Gasteiger partial charge in [-0.25, -0.2) is 5.43 Å². The second kappa shape index (κ2) is 9.55. The minimum Gasteiger partial charge on any atom is -0.478 e. The van der Waals surface area contributed by atoms with Crippen LogP contribution >= 0.6 is 11.6 Å². The highest BCUT2D eigenvalue weighted by Crippen LogP contribution is 2.21. The number of rotatable bonds is 7. The number of benzene rings is 2. The summed E-state index contributed by atoms with van der Waals surface area (Å²) < 4.78 is 5.82. The van der Waals surface area contributed by atoms with Gasteiger partial charge >= 0.3 is 0 Å². The van der Waals surface area contributed by atoms with Crippen molar-refractivity contribution in [3.8, 4) is 5.75 Å². The van der Waals surface area contributed by atoms with E-state index < -0.39 is 5.60 Å². The van der Waals surface area contributed by atoms with Gasteiger partial charge < -0.3 is 4.74 Å². The predicted molar refractivity (Wildman–Crippen MR) is 119 cm³/mol. The fourth-order valence-corrected chi connectivity index (χ4v) is 2.94. The smallest absolute Gasteiger partial charge is 0.283 e. The van der Waals surface area contributed by atoms with E-state index in [0.717, 1.165) is 18.4 Å². The Morgan fingerprint density at radius 3 is 2.27 bits per heavy atom. The van der Waals surface area contributed by atoms with Crippen LogP contribution in [0.25, 0.3) is 0 Å². The van der Waals surface area contributed by atoms with E-state index in [2.05, 4.69) is 22.7 Å². The van der Waals surface area contributed by atoms with Crippen molar-refractivity contribution in [2.24, 2.45) is 5.10 Å². The molecule has 0 heterocycles. The molecule has 0 fully saturated rings. The van der Waals surface area contributed by atoms with Gasteiger partial charge in [0.15, 0.2) is 11.4 Å². The Morgan fingerprint density at radius 1 is 1.03 bits per heavy atom. The van der Waals surface area contributed by atoms with E-state index in [4.69, 9.17) is 16.3 Å². The number of nitrogens with zero attached hydrogens (tertiary/aromatic N) is 1. The van der Waals surface area contributed by atoms with Crippen LogP contribution in [-0.2, 0) is 4.79 Å². The van der Waals surface area contributed by atoms with Gasteiger partial charge in [0, 0.05) is 16.1 Å². The van der Waals surface area contributed by atoms with Gasteiger partial charge in [-0.1, -0.05) is 29.8 Å². The van der Waals surface area contributed by atoms with E-state index >= 15 is 0 Å². The maximum atomic E-state index is 12.5. The number of halogens is 1. The molecule has 6 heteroatoms. The largest absolute Gasteiger partial charge is 0.478 e. The van der Waals surface area contributed by atoms with Crippen molar-refractivity contribution in [2.45, 2.75) is 32.3 Å². The fourth-order valence-electron chi connectivity index (χ4n) is 2.81. The van der Waals surface area contributed by atoms with Crippen LogP contribution < -0.4 is 10.2 Å². The van der Waals surface area contributed by atoms with Gasteiger partial charge in [0.05, 0.1) is 6.21 Å². The van der Waals surface area contributed by atoms with Crippen LogP contribution in [0.4, 0.5) is 0 Å². The lowest BCUT2D eigenvalue weighted by Crippen LogP contribution is -2.44. The second-order valence-electron chi connectivity index (χ2n) is 7.36. The molecule has 3 rings (SSSR count). The molecule has 1 aliphatic carbocycles. The Bertz CT molecular complexity index is 1000. The SMILES string of the molecule is CC(C)(Oc1ccc(C(=O)c2ccc(Cl)cc2)cc1)C(=O)N/N=C/C1=CCCC=C1. The topological polar surface area (TPSA) is 67.8 Å². The average Bonchev–Trinajstić information content (AvgIpc) is 2.75. The third-order valence-electron chi connectivity index (χ3n) is 4.55. The van der Waals surface area contributed by atoms with Crippen LogP contribution in [0.15, 0.2) is 77.4 Å². The molecule has 2 aromatic carbocycles. The summed E-state index contributed by atoms with van der Waals surface area (Å²) in [6.07, 6.45) is 9.70. The molecule has 0 aliphatic heterocycles. The molecular weight excluding hydrogens is 400 g/mol. The highest BCUT2D eigenvalue weighted by Gasteiger charge is 2.30. The summed E-state index contributed by atoms with van der Waals surface area (Å²) in [5, 5.41) is 4.58. The summed E-state index contributed by atoms with van der Waals surface area (Å²) in [6.45, 7) is 3.31. The maximum Gasteiger partial charge on any atom is 0.283 e. The van der Waals surface area contributed by atoms with Crippen molar-refractivity contribution in [3.63, 3.8) is 0 Å². The Balaban J connectivity index is 1.60. The number of hydrogen-bond donors (Lipinski definition) is 1. The molecule has 0 aromatic heterocycles. The minimum atomic E-state index is -1.14. The standard InChI is InChI=1S/C24H23ClN2O3/c1-24(2,23(29)27-26-16-17-6-4-3-5-7-17)30-21-14-10-19(11-15-21)22(28)18-8-12-20(25)13-9-18/h4,6-16H,3,5H2,1-2H3,(H,27,29)/b26-16+. The predicted octanol–water partition coefficient (Wildman–Crippen LogP) is 5.11. The normalized spacial score (nSPS) is 13.8. The van der Waals surface area contributed by atoms with Gasteiger partial charge in [-0.15, -0.1) is 0 Å². The van der Waals surface area contributed by atoms with E-state index in [-0.39, 0.29) is 11.7 Å². The highest BCUT2D eigenvalue weighted by atomic mass is 35.5. The van der Waals surface area contributed by atoms with Crippen molar-refractivity contribution >= 4 is 29.5 Å². The fraction of sp³-hybridized carbons (Fsp3) is 0.208. The van der Waals surface area contributed by atoms with Gasteiger partial charge in [-0.2, -0.15) is 5.10 Å². The summed E-state index contributed by atoms with van der Waals surface area (Å²) in [5.74, 6) is -0.0132. The molecule has 30 heavy (non-hydrogen) atoms. The molecule has 0 atom stereocenters. The molecule has 154 valence electrons. The van der Waals surface area contributed by atoms with Crippen LogP contribution in [0.3, 0.4) is 0 Å². The lowest BCUT2D eigenvalue weighted by Gasteiger charge is -2.24. The number of hydrogen-bond acceptors (Lipinski definition) is 4. The molecule has 2 aromatic rings. The molecule has 0 radical (unpaired) electrons. The lowest BCUT2D eigenvalue weighted by atomic mass is 10.0. The number of nitrogens with one attached hydrogen (secondary N) is 1. The number of hydrazone groups is 1. The summed E-state index contributed by atoms with van der Waals surface area (Å²) >= 11 is 5.87. The van der Waals surface area contributed by atoms with Gasteiger partial charge in [0.2, 0.25) is 0 Å². The van der Waals surface area contributed by atoms with Crippen molar-refractivity contribution in [1.82, 2.24) is 5.43 Å². The Labute approximate surface area is 181 Å². The van der Waals surface area contributed by atoms with Crippen LogP contribution in [0.1, 0.15) is 42.6 Å². The number of amides is 1. The third kappa shape index (κ3) is 5.67. The van der Waals surface area contributed by atoms with Crippen molar-refractivity contribution in [3.05, 3.63) is 88.5 Å². The van der Waals surface area contributed by atoms with Crippen LogP contribution in [-0.4, -0.2) is 23.5 Å². The first-order valence-electron chi connectivity index (χ1n) is 9.65. The zero-order chi connectivity index (χ0) is 21.6. The maximum absolute atomic E-state index is 12.5. The third-order valence-corrected chi connectivity index (χ3v) is 4.80. The van der Waals surface area contributed by atoms with Gasteiger partial charge in [-0.05, 0) is 80.8 Å². The molecule has 0 saturated heterocycles. The molecule has 1 aliphatic rings. The summed E-state index contributed by atoms with van der Waals surface area (Å²) in [5.41, 5.74) is 3.40. The Kier molecular flexibility index (Phi) is 6.85. The first-order chi connectivity index (χ1) is 14.3. The molecule has 1 amide bonds. The molecule has 1 N–H and O–H groups in total. The summed E-state index contributed by atoms with van der Waals surface area (Å²) in [4.78, 5) is 25.0. The van der Waals surface area contributed by atoms with Crippen molar-refractivity contribution < 1.29 is 14.3 Å². The lowest BCUT2D eigenvalue weighted by molar-refractivity contribution is -0.134. The first kappa shape index (κ1) is 21.5. The van der Waals surface area contributed by atoms with Gasteiger partial charge in [0.25, 0.3) is 5.91 Å². The van der Waals surface area contributed by atoms with Crippen molar-refractivity contribution in [2.75, 3.05) is 0 Å².